The molecule has 1 N–H and O–H groups in total. The molecule has 1 aliphatic carbocycles. The fourth-order valence-electron chi connectivity index (χ4n) is 3.93. The number of hydrogen-bond acceptors (Lipinski definition) is 4. The summed E-state index contributed by atoms with van der Waals surface area (Å²) in [6.45, 7) is 2.01. The van der Waals surface area contributed by atoms with Crippen molar-refractivity contribution in [1.29, 1.82) is 0 Å². The van der Waals surface area contributed by atoms with Crippen LogP contribution in [0.1, 0.15) is 37.7 Å². The van der Waals surface area contributed by atoms with Crippen LogP contribution in [0, 0.1) is 6.92 Å². The van der Waals surface area contributed by atoms with E-state index in [1.54, 1.807) is 24.3 Å². The quantitative estimate of drug-likeness (QED) is 0.661. The number of anilines is 1. The van der Waals surface area contributed by atoms with Gasteiger partial charge in [-0.3, -0.25) is 14.5 Å². The Morgan fingerprint density at radius 2 is 1.97 bits per heavy atom. The summed E-state index contributed by atoms with van der Waals surface area (Å²) in [6, 6.07) is 15.1. The van der Waals surface area contributed by atoms with Crippen molar-refractivity contribution in [3.63, 3.8) is 0 Å². The first-order chi connectivity index (χ1) is 14.5. The number of rotatable bonds is 5. The normalized spacial score (nSPS) is 20.9. The fraction of sp³-hybridized carbons (Fsp3) is 0.348. The Balaban J connectivity index is 1.53. The van der Waals surface area contributed by atoms with Crippen LogP contribution < -0.4 is 5.32 Å². The molecule has 1 atom stereocenters. The molecular weight excluding hydrogens is 418 g/mol. The second kappa shape index (κ2) is 9.23. The van der Waals surface area contributed by atoms with E-state index >= 15 is 0 Å². The Hall–Kier alpha value is -2.31. The summed E-state index contributed by atoms with van der Waals surface area (Å²) in [6.07, 6.45) is 4.32. The average molecular weight is 442 g/mol. The van der Waals surface area contributed by atoms with Crippen LogP contribution in [0.4, 0.5) is 11.4 Å². The van der Waals surface area contributed by atoms with Crippen LogP contribution in [0.25, 0.3) is 0 Å². The van der Waals surface area contributed by atoms with Gasteiger partial charge in [-0.2, -0.15) is 0 Å². The van der Waals surface area contributed by atoms with Gasteiger partial charge in [-0.05, 0) is 49.6 Å². The van der Waals surface area contributed by atoms with Crippen molar-refractivity contribution in [2.24, 2.45) is 4.99 Å². The van der Waals surface area contributed by atoms with Crippen molar-refractivity contribution in [2.45, 2.75) is 50.3 Å². The molecule has 0 radical (unpaired) electrons. The van der Waals surface area contributed by atoms with Crippen LogP contribution in [-0.2, 0) is 9.59 Å². The number of benzene rings is 2. The number of amidine groups is 1. The zero-order chi connectivity index (χ0) is 21.1. The Morgan fingerprint density at radius 1 is 1.20 bits per heavy atom. The van der Waals surface area contributed by atoms with E-state index in [-0.39, 0.29) is 24.3 Å². The van der Waals surface area contributed by atoms with Gasteiger partial charge < -0.3 is 5.32 Å². The topological polar surface area (TPSA) is 61.8 Å². The largest absolute Gasteiger partial charge is 0.326 e. The Kier molecular flexibility index (Phi) is 6.44. The standard InChI is InChI=1S/C23H24ClN3O2S/c1-15-7-2-5-12-19(15)26-23-27(18-10-3-4-11-18)22(29)20(30-23)14-21(28)25-17-9-6-8-16(24)13-17/h2,5-9,12-13,18,20H,3-4,10-11,14H2,1H3,(H,25,28). The number of halogens is 1. The summed E-state index contributed by atoms with van der Waals surface area (Å²) < 4.78 is 0. The summed E-state index contributed by atoms with van der Waals surface area (Å²) in [4.78, 5) is 32.5. The van der Waals surface area contributed by atoms with Crippen LogP contribution in [0.5, 0.6) is 0 Å². The minimum atomic E-state index is -0.465. The maximum atomic E-state index is 13.2. The predicted octanol–water partition coefficient (Wildman–Crippen LogP) is 5.55. The molecule has 2 amide bonds. The highest BCUT2D eigenvalue weighted by Gasteiger charge is 2.43. The summed E-state index contributed by atoms with van der Waals surface area (Å²) in [5.41, 5.74) is 2.55. The SMILES string of the molecule is Cc1ccccc1N=C1SC(CC(=O)Nc2cccc(Cl)c2)C(=O)N1C1CCCC1. The van der Waals surface area contributed by atoms with Crippen LogP contribution in [-0.4, -0.2) is 33.2 Å². The minimum absolute atomic E-state index is 0.0134. The molecule has 4 rings (SSSR count). The number of nitrogens with one attached hydrogen (secondary N) is 1. The van der Waals surface area contributed by atoms with Crippen LogP contribution >= 0.6 is 23.4 Å². The van der Waals surface area contributed by atoms with E-state index in [1.807, 2.05) is 36.1 Å². The first-order valence-electron chi connectivity index (χ1n) is 10.2. The van der Waals surface area contributed by atoms with Gasteiger partial charge >= 0.3 is 0 Å². The molecule has 2 fully saturated rings. The van der Waals surface area contributed by atoms with Gasteiger partial charge in [0.1, 0.15) is 5.25 Å². The molecule has 2 aliphatic rings. The van der Waals surface area contributed by atoms with Crippen molar-refractivity contribution in [3.8, 4) is 0 Å². The third-order valence-electron chi connectivity index (χ3n) is 5.47. The Bertz CT molecular complexity index is 988. The zero-order valence-electron chi connectivity index (χ0n) is 16.8. The number of aliphatic imine (C=N–C) groups is 1. The van der Waals surface area contributed by atoms with Crippen molar-refractivity contribution in [1.82, 2.24) is 4.90 Å². The number of thioether (sulfide) groups is 1. The number of carbonyl (C=O) groups excluding carboxylic acids is 2. The van der Waals surface area contributed by atoms with Crippen LogP contribution in [0.3, 0.4) is 0 Å². The van der Waals surface area contributed by atoms with E-state index in [0.717, 1.165) is 36.9 Å². The lowest BCUT2D eigenvalue weighted by Gasteiger charge is -2.23. The van der Waals surface area contributed by atoms with Gasteiger partial charge in [-0.25, -0.2) is 4.99 Å². The first-order valence-corrected chi connectivity index (χ1v) is 11.5. The van der Waals surface area contributed by atoms with Crippen molar-refractivity contribution in [2.75, 3.05) is 5.32 Å². The third-order valence-corrected chi connectivity index (χ3v) is 6.85. The molecule has 1 saturated carbocycles. The highest BCUT2D eigenvalue weighted by atomic mass is 35.5. The average Bonchev–Trinajstić information content (AvgIpc) is 3.32. The summed E-state index contributed by atoms with van der Waals surface area (Å²) in [7, 11) is 0. The number of amides is 2. The molecule has 7 heteroatoms. The molecule has 5 nitrogen and oxygen atoms in total. The van der Waals surface area contributed by atoms with Gasteiger partial charge in [0.05, 0.1) is 5.69 Å². The Morgan fingerprint density at radius 3 is 2.70 bits per heavy atom. The van der Waals surface area contributed by atoms with E-state index in [9.17, 15) is 9.59 Å². The lowest BCUT2D eigenvalue weighted by atomic mass is 10.2. The summed E-state index contributed by atoms with van der Waals surface area (Å²) in [5.74, 6) is -0.216. The van der Waals surface area contributed by atoms with Gasteiger partial charge in [0.25, 0.3) is 0 Å². The van der Waals surface area contributed by atoms with Gasteiger partial charge in [-0.15, -0.1) is 0 Å². The van der Waals surface area contributed by atoms with E-state index in [1.165, 1.54) is 11.8 Å². The van der Waals surface area contributed by atoms with Crippen molar-refractivity contribution < 1.29 is 9.59 Å². The molecule has 1 unspecified atom stereocenters. The Labute approximate surface area is 185 Å². The number of aryl methyl sites for hydroxylation is 1. The fourth-order valence-corrected chi connectivity index (χ4v) is 5.33. The molecule has 1 saturated heterocycles. The highest BCUT2D eigenvalue weighted by molar-refractivity contribution is 8.15. The minimum Gasteiger partial charge on any atom is -0.326 e. The molecule has 1 heterocycles. The second-order valence-corrected chi connectivity index (χ2v) is 9.30. The maximum absolute atomic E-state index is 13.2. The third kappa shape index (κ3) is 4.71. The molecule has 0 spiro atoms. The van der Waals surface area contributed by atoms with Gasteiger partial charge in [0.15, 0.2) is 5.17 Å². The van der Waals surface area contributed by atoms with Crippen LogP contribution in [0.2, 0.25) is 5.02 Å². The smallest absolute Gasteiger partial charge is 0.242 e. The van der Waals surface area contributed by atoms with E-state index < -0.39 is 5.25 Å². The second-order valence-electron chi connectivity index (χ2n) is 7.70. The zero-order valence-corrected chi connectivity index (χ0v) is 18.4. The number of hydrogen-bond donors (Lipinski definition) is 1. The van der Waals surface area contributed by atoms with E-state index in [4.69, 9.17) is 16.6 Å². The molecule has 2 aromatic carbocycles. The molecule has 2 aromatic rings. The molecule has 0 bridgehead atoms. The van der Waals surface area contributed by atoms with Crippen molar-refractivity contribution in [3.05, 3.63) is 59.1 Å². The van der Waals surface area contributed by atoms with Gasteiger partial charge in [0, 0.05) is 23.2 Å². The summed E-state index contributed by atoms with van der Waals surface area (Å²) in [5, 5.41) is 3.64. The lowest BCUT2D eigenvalue weighted by Crippen LogP contribution is -2.40. The predicted molar refractivity (Wildman–Crippen MR) is 123 cm³/mol. The monoisotopic (exact) mass is 441 g/mol. The molecular formula is C23H24ClN3O2S. The maximum Gasteiger partial charge on any atom is 0.242 e. The lowest BCUT2D eigenvalue weighted by molar-refractivity contribution is -0.129. The van der Waals surface area contributed by atoms with Gasteiger partial charge in [-0.1, -0.05) is 60.5 Å². The van der Waals surface area contributed by atoms with Crippen LogP contribution in [0.15, 0.2) is 53.5 Å². The number of carbonyl (C=O) groups is 2. The van der Waals surface area contributed by atoms with E-state index in [2.05, 4.69) is 5.32 Å². The first kappa shape index (κ1) is 20.9. The highest BCUT2D eigenvalue weighted by Crippen LogP contribution is 2.37. The van der Waals surface area contributed by atoms with Crippen molar-refractivity contribution >= 4 is 51.7 Å². The van der Waals surface area contributed by atoms with Gasteiger partial charge in [0.2, 0.25) is 11.8 Å². The molecule has 1 aliphatic heterocycles. The molecule has 0 aromatic heterocycles. The van der Waals surface area contributed by atoms with E-state index in [0.29, 0.717) is 15.9 Å². The molecule has 30 heavy (non-hydrogen) atoms. The molecule has 156 valence electrons. The number of para-hydroxylation sites is 1. The number of nitrogens with zero attached hydrogens (tertiary/aromatic N) is 2. The summed E-state index contributed by atoms with van der Waals surface area (Å²) >= 11 is 7.39.